The molecule has 3 N–H and O–H groups in total. The van der Waals surface area contributed by atoms with E-state index >= 15 is 0 Å². The first kappa shape index (κ1) is 17.3. The number of aromatic hydroxyl groups is 1. The second-order valence-electron chi connectivity index (χ2n) is 6.26. The van der Waals surface area contributed by atoms with E-state index in [1.54, 1.807) is 18.2 Å². The predicted octanol–water partition coefficient (Wildman–Crippen LogP) is 3.39. The summed E-state index contributed by atoms with van der Waals surface area (Å²) in [4.78, 5) is 14.6. The number of nitrogens with zero attached hydrogens (tertiary/aromatic N) is 1. The zero-order valence-corrected chi connectivity index (χ0v) is 14.8. The van der Waals surface area contributed by atoms with Crippen LogP contribution in [0.2, 0.25) is 5.02 Å². The van der Waals surface area contributed by atoms with Crippen molar-refractivity contribution in [3.63, 3.8) is 0 Å². The van der Waals surface area contributed by atoms with Gasteiger partial charge in [0.15, 0.2) is 0 Å². The van der Waals surface area contributed by atoms with Crippen LogP contribution in [0.3, 0.4) is 0 Å². The van der Waals surface area contributed by atoms with E-state index in [4.69, 9.17) is 21.8 Å². The van der Waals surface area contributed by atoms with Crippen LogP contribution >= 0.6 is 11.6 Å². The molecule has 0 fully saturated rings. The summed E-state index contributed by atoms with van der Waals surface area (Å²) in [6.45, 7) is 0.558. The number of nitrogens with two attached hydrogens (primary N) is 1. The van der Waals surface area contributed by atoms with Crippen LogP contribution in [0.4, 0.5) is 5.69 Å². The fourth-order valence-corrected chi connectivity index (χ4v) is 3.09. The minimum atomic E-state index is -0.437. The van der Waals surface area contributed by atoms with Crippen molar-refractivity contribution in [3.8, 4) is 5.75 Å². The molecule has 0 aliphatic carbocycles. The highest BCUT2D eigenvalue weighted by molar-refractivity contribution is 6.33. The van der Waals surface area contributed by atoms with Gasteiger partial charge in [0.2, 0.25) is 0 Å². The predicted molar refractivity (Wildman–Crippen MR) is 100 cm³/mol. The van der Waals surface area contributed by atoms with Crippen LogP contribution < -0.4 is 11.4 Å². The maximum atomic E-state index is 12.6. The molecule has 6 heteroatoms. The summed E-state index contributed by atoms with van der Waals surface area (Å²) in [5.74, 6) is 0.0538. The minimum absolute atomic E-state index is 0.0538. The van der Waals surface area contributed by atoms with Crippen molar-refractivity contribution < 1.29 is 9.52 Å². The smallest absolute Gasteiger partial charge is 0.340 e. The molecule has 2 aromatic carbocycles. The van der Waals surface area contributed by atoms with Gasteiger partial charge in [0.05, 0.1) is 10.7 Å². The molecule has 0 aliphatic heterocycles. The van der Waals surface area contributed by atoms with Crippen LogP contribution in [-0.2, 0) is 13.0 Å². The van der Waals surface area contributed by atoms with Crippen LogP contribution in [0.5, 0.6) is 5.75 Å². The molecule has 25 heavy (non-hydrogen) atoms. The van der Waals surface area contributed by atoms with Crippen LogP contribution in [-0.4, -0.2) is 24.1 Å². The zero-order valence-electron chi connectivity index (χ0n) is 14.0. The van der Waals surface area contributed by atoms with Crippen LogP contribution in [0.15, 0.2) is 45.6 Å². The Morgan fingerprint density at radius 3 is 2.68 bits per heavy atom. The number of benzene rings is 2. The zero-order chi connectivity index (χ0) is 18.1. The summed E-state index contributed by atoms with van der Waals surface area (Å²) < 4.78 is 5.43. The van der Waals surface area contributed by atoms with Crippen molar-refractivity contribution in [2.75, 3.05) is 19.8 Å². The van der Waals surface area contributed by atoms with E-state index in [-0.39, 0.29) is 5.75 Å². The van der Waals surface area contributed by atoms with Gasteiger partial charge in [-0.1, -0.05) is 23.7 Å². The van der Waals surface area contributed by atoms with Gasteiger partial charge in [0.25, 0.3) is 0 Å². The van der Waals surface area contributed by atoms with Gasteiger partial charge < -0.3 is 20.2 Å². The van der Waals surface area contributed by atoms with E-state index in [9.17, 15) is 9.90 Å². The first-order valence-electron chi connectivity index (χ1n) is 7.82. The molecule has 0 spiro atoms. The summed E-state index contributed by atoms with van der Waals surface area (Å²) >= 11 is 6.29. The van der Waals surface area contributed by atoms with Gasteiger partial charge in [-0.15, -0.1) is 0 Å². The van der Waals surface area contributed by atoms with Crippen molar-refractivity contribution in [2.45, 2.75) is 13.0 Å². The monoisotopic (exact) mass is 358 g/mol. The summed E-state index contributed by atoms with van der Waals surface area (Å²) in [6, 6.07) is 10.2. The van der Waals surface area contributed by atoms with Gasteiger partial charge in [-0.25, -0.2) is 4.79 Å². The molecule has 0 saturated heterocycles. The largest absolute Gasteiger partial charge is 0.508 e. The molecule has 0 saturated carbocycles. The third-order valence-corrected chi connectivity index (χ3v) is 4.51. The van der Waals surface area contributed by atoms with E-state index in [2.05, 4.69) is 0 Å². The Kier molecular flexibility index (Phi) is 4.70. The molecule has 0 atom stereocenters. The Morgan fingerprint density at radius 2 is 1.96 bits per heavy atom. The lowest BCUT2D eigenvalue weighted by molar-refractivity contribution is 0.400. The minimum Gasteiger partial charge on any atom is -0.508 e. The lowest BCUT2D eigenvalue weighted by Gasteiger charge is -2.16. The molecule has 5 nitrogen and oxygen atoms in total. The Morgan fingerprint density at radius 1 is 1.20 bits per heavy atom. The number of phenolic OH excluding ortho intramolecular Hbond substituents is 1. The van der Waals surface area contributed by atoms with Gasteiger partial charge in [-0.2, -0.15) is 0 Å². The van der Waals surface area contributed by atoms with Crippen molar-refractivity contribution in [1.82, 2.24) is 4.90 Å². The number of nitrogen functional groups attached to an aromatic ring is 1. The molecule has 3 rings (SSSR count). The Balaban J connectivity index is 2.22. The average Bonchev–Trinajstić information content (AvgIpc) is 2.54. The summed E-state index contributed by atoms with van der Waals surface area (Å²) in [5, 5.41) is 10.9. The van der Waals surface area contributed by atoms with E-state index in [0.29, 0.717) is 34.8 Å². The first-order valence-corrected chi connectivity index (χ1v) is 8.19. The molecule has 1 heterocycles. The lowest BCUT2D eigenvalue weighted by atomic mass is 9.97. The number of rotatable bonds is 4. The van der Waals surface area contributed by atoms with Crippen molar-refractivity contribution in [2.24, 2.45) is 0 Å². The second kappa shape index (κ2) is 6.78. The Labute approximate surface area is 150 Å². The maximum absolute atomic E-state index is 12.6. The molecule has 1 aromatic heterocycles. The number of anilines is 1. The highest BCUT2D eigenvalue weighted by Gasteiger charge is 2.17. The third kappa shape index (κ3) is 3.48. The van der Waals surface area contributed by atoms with E-state index in [0.717, 1.165) is 16.5 Å². The summed E-state index contributed by atoms with van der Waals surface area (Å²) in [5.41, 5.74) is 8.44. The topological polar surface area (TPSA) is 79.7 Å². The number of halogens is 1. The van der Waals surface area contributed by atoms with E-state index in [1.165, 1.54) is 6.07 Å². The van der Waals surface area contributed by atoms with Crippen LogP contribution in [0.25, 0.3) is 11.0 Å². The Hall–Kier alpha value is -2.50. The van der Waals surface area contributed by atoms with Gasteiger partial charge in [0.1, 0.15) is 11.3 Å². The summed E-state index contributed by atoms with van der Waals surface area (Å²) in [7, 11) is 3.86. The van der Waals surface area contributed by atoms with E-state index < -0.39 is 5.63 Å². The van der Waals surface area contributed by atoms with Gasteiger partial charge in [-0.05, 0) is 43.4 Å². The molecule has 0 unspecified atom stereocenters. The third-order valence-electron chi connectivity index (χ3n) is 4.05. The van der Waals surface area contributed by atoms with Crippen molar-refractivity contribution >= 4 is 28.3 Å². The number of phenols is 1. The molecular weight excluding hydrogens is 340 g/mol. The first-order chi connectivity index (χ1) is 11.9. The fourth-order valence-electron chi connectivity index (χ4n) is 2.89. The Bertz CT molecular complexity index is 996. The molecule has 0 amide bonds. The SMILES string of the molecule is CN(C)Cc1c(Cc2cccc(N)c2Cl)c(=O)oc2cc(O)ccc12. The second-order valence-corrected chi connectivity index (χ2v) is 6.64. The quantitative estimate of drug-likeness (QED) is 0.552. The van der Waals surface area contributed by atoms with Gasteiger partial charge in [0, 0.05) is 30.0 Å². The summed E-state index contributed by atoms with van der Waals surface area (Å²) in [6.07, 6.45) is 0.326. The number of hydrogen-bond acceptors (Lipinski definition) is 5. The molecule has 0 aliphatic rings. The highest BCUT2D eigenvalue weighted by Crippen LogP contribution is 2.29. The standard InChI is InChI=1S/C19H19ClN2O3/c1-22(2)10-15-13-7-6-12(23)9-17(13)25-19(24)14(15)8-11-4-3-5-16(21)18(11)20/h3-7,9,23H,8,10,21H2,1-2H3. The molecule has 0 radical (unpaired) electrons. The van der Waals surface area contributed by atoms with Crippen LogP contribution in [0, 0.1) is 0 Å². The molecular formula is C19H19ClN2O3. The molecule has 130 valence electrons. The normalized spacial score (nSPS) is 11.4. The molecule has 3 aromatic rings. The fraction of sp³-hybridized carbons (Fsp3) is 0.211. The lowest BCUT2D eigenvalue weighted by Crippen LogP contribution is -2.19. The van der Waals surface area contributed by atoms with Gasteiger partial charge >= 0.3 is 5.63 Å². The van der Waals surface area contributed by atoms with Gasteiger partial charge in [-0.3, -0.25) is 0 Å². The highest BCUT2D eigenvalue weighted by atomic mass is 35.5. The van der Waals surface area contributed by atoms with Crippen molar-refractivity contribution in [3.05, 3.63) is 68.5 Å². The van der Waals surface area contributed by atoms with E-state index in [1.807, 2.05) is 31.1 Å². The maximum Gasteiger partial charge on any atom is 0.340 e. The number of fused-ring (bicyclic) bond motifs is 1. The van der Waals surface area contributed by atoms with Crippen molar-refractivity contribution in [1.29, 1.82) is 0 Å². The van der Waals surface area contributed by atoms with Crippen LogP contribution in [0.1, 0.15) is 16.7 Å². The number of hydrogen-bond donors (Lipinski definition) is 2. The molecule has 0 bridgehead atoms. The average molecular weight is 359 g/mol.